The van der Waals surface area contributed by atoms with E-state index in [0.29, 0.717) is 0 Å². The first-order valence-electron chi connectivity index (χ1n) is 18.2. The molecule has 0 bridgehead atoms. The second-order valence-electron chi connectivity index (χ2n) is 17.0. The smallest absolute Gasteiger partial charge is 0.0159 e. The molecule has 0 radical (unpaired) electrons. The van der Waals surface area contributed by atoms with Crippen LogP contribution in [-0.4, -0.2) is 0 Å². The number of rotatable bonds is 2. The van der Waals surface area contributed by atoms with Crippen molar-refractivity contribution in [1.29, 1.82) is 0 Å². The largest absolute Gasteiger partial charge is 0.0619 e. The molecule has 242 valence electrons. The van der Waals surface area contributed by atoms with Crippen LogP contribution in [0.1, 0.15) is 76.3 Å². The molecular weight excluding hydrogens is 601 g/mol. The van der Waals surface area contributed by atoms with Gasteiger partial charge in [-0.05, 0) is 128 Å². The van der Waals surface area contributed by atoms with Crippen LogP contribution < -0.4 is 0 Å². The van der Waals surface area contributed by atoms with Crippen molar-refractivity contribution in [3.05, 3.63) is 155 Å². The summed E-state index contributed by atoms with van der Waals surface area (Å²) in [5.74, 6) is 0. The van der Waals surface area contributed by atoms with Gasteiger partial charge in [-0.15, -0.1) is 0 Å². The van der Waals surface area contributed by atoms with Gasteiger partial charge in [0.25, 0.3) is 0 Å². The highest BCUT2D eigenvalue weighted by molar-refractivity contribution is 6.25. The molecule has 0 spiro atoms. The Morgan fingerprint density at radius 3 is 1.46 bits per heavy atom. The van der Waals surface area contributed by atoms with E-state index < -0.39 is 0 Å². The highest BCUT2D eigenvalue weighted by Crippen LogP contribution is 2.53. The Morgan fingerprint density at radius 2 is 0.840 bits per heavy atom. The normalized spacial score (nSPS) is 15.4. The van der Waals surface area contributed by atoms with E-state index in [1.807, 2.05) is 0 Å². The summed E-state index contributed by atoms with van der Waals surface area (Å²) in [6.45, 7) is 16.5. The van der Waals surface area contributed by atoms with E-state index in [1.165, 1.54) is 105 Å². The van der Waals surface area contributed by atoms with Crippen molar-refractivity contribution in [2.45, 2.75) is 64.7 Å². The molecule has 0 saturated heterocycles. The molecule has 2 aliphatic carbocycles. The second-order valence-corrected chi connectivity index (χ2v) is 17.0. The van der Waals surface area contributed by atoms with E-state index in [1.54, 1.807) is 0 Å². The maximum atomic E-state index is 2.48. The molecule has 10 rings (SSSR count). The molecular formula is C50H42. The lowest BCUT2D eigenvalue weighted by atomic mass is 9.79. The van der Waals surface area contributed by atoms with E-state index in [0.717, 1.165) is 0 Å². The number of hydrogen-bond donors (Lipinski definition) is 0. The summed E-state index contributed by atoms with van der Waals surface area (Å²) in [6, 6.07) is 49.2. The lowest BCUT2D eigenvalue weighted by molar-refractivity contribution is 0.591. The van der Waals surface area contributed by atoms with E-state index in [4.69, 9.17) is 0 Å². The summed E-state index contributed by atoms with van der Waals surface area (Å²) >= 11 is 0. The van der Waals surface area contributed by atoms with Gasteiger partial charge in [-0.3, -0.25) is 0 Å². The zero-order valence-electron chi connectivity index (χ0n) is 30.1. The van der Waals surface area contributed by atoms with E-state index in [2.05, 4.69) is 176 Å². The summed E-state index contributed by atoms with van der Waals surface area (Å²) in [4.78, 5) is 0. The van der Waals surface area contributed by atoms with Crippen molar-refractivity contribution in [2.75, 3.05) is 0 Å². The molecule has 2 aliphatic rings. The monoisotopic (exact) mass is 642 g/mol. The van der Waals surface area contributed by atoms with Gasteiger partial charge in [-0.25, -0.2) is 0 Å². The highest BCUT2D eigenvalue weighted by atomic mass is 14.4. The van der Waals surface area contributed by atoms with Gasteiger partial charge >= 0.3 is 0 Å². The molecule has 0 saturated carbocycles. The summed E-state index contributed by atoms with van der Waals surface area (Å²) in [7, 11) is 0. The van der Waals surface area contributed by atoms with E-state index in [9.17, 15) is 0 Å². The van der Waals surface area contributed by atoms with Gasteiger partial charge in [0.1, 0.15) is 0 Å². The van der Waals surface area contributed by atoms with Crippen molar-refractivity contribution in [2.24, 2.45) is 0 Å². The zero-order valence-corrected chi connectivity index (χ0v) is 30.1. The Labute approximate surface area is 295 Å². The Balaban J connectivity index is 1.07. The lowest BCUT2D eigenvalue weighted by Crippen LogP contribution is -2.15. The first-order valence-corrected chi connectivity index (χ1v) is 18.2. The SMILES string of the molecule is CC(C)(C)c1cc2ccc3ccc(-c4ccc5c(c4)C(C)(C)c4cc(-c6ccc7c(c6)C(C)(C)c6ccccc6-7)ccc4-5)c4ccc(c1)c2c34. The summed E-state index contributed by atoms with van der Waals surface area (Å²) in [5, 5.41) is 8.08. The molecule has 0 fully saturated rings. The van der Waals surface area contributed by atoms with Crippen LogP contribution in [-0.2, 0) is 16.2 Å². The van der Waals surface area contributed by atoms with Crippen molar-refractivity contribution >= 4 is 32.3 Å². The van der Waals surface area contributed by atoms with E-state index in [-0.39, 0.29) is 16.2 Å². The van der Waals surface area contributed by atoms with Crippen LogP contribution in [0.15, 0.2) is 127 Å². The van der Waals surface area contributed by atoms with E-state index >= 15 is 0 Å². The molecule has 0 heteroatoms. The van der Waals surface area contributed by atoms with Gasteiger partial charge in [0.05, 0.1) is 0 Å². The predicted octanol–water partition coefficient (Wildman–Crippen LogP) is 13.8. The zero-order chi connectivity index (χ0) is 34.3. The minimum atomic E-state index is -0.115. The molecule has 0 atom stereocenters. The third-order valence-electron chi connectivity index (χ3n) is 12.4. The van der Waals surface area contributed by atoms with Crippen molar-refractivity contribution in [3.63, 3.8) is 0 Å². The van der Waals surface area contributed by atoms with Crippen molar-refractivity contribution in [1.82, 2.24) is 0 Å². The predicted molar refractivity (Wildman–Crippen MR) is 215 cm³/mol. The third kappa shape index (κ3) is 3.94. The van der Waals surface area contributed by atoms with Crippen LogP contribution in [0.2, 0.25) is 0 Å². The molecule has 0 aliphatic heterocycles. The van der Waals surface area contributed by atoms with Crippen LogP contribution in [0.3, 0.4) is 0 Å². The Hall–Kier alpha value is -5.20. The Morgan fingerprint density at radius 1 is 0.380 bits per heavy atom. The molecule has 8 aromatic rings. The van der Waals surface area contributed by atoms with Gasteiger partial charge < -0.3 is 0 Å². The fraction of sp³-hybridized carbons (Fsp3) is 0.200. The fourth-order valence-electron chi connectivity index (χ4n) is 9.47. The molecule has 0 unspecified atom stereocenters. The second kappa shape index (κ2) is 9.73. The third-order valence-corrected chi connectivity index (χ3v) is 12.4. The fourth-order valence-corrected chi connectivity index (χ4v) is 9.47. The summed E-state index contributed by atoms with van der Waals surface area (Å²) in [6.07, 6.45) is 0. The van der Waals surface area contributed by atoms with Crippen LogP contribution in [0.4, 0.5) is 0 Å². The quantitative estimate of drug-likeness (QED) is 0.165. The minimum Gasteiger partial charge on any atom is -0.0619 e. The maximum Gasteiger partial charge on any atom is 0.0159 e. The van der Waals surface area contributed by atoms with Crippen LogP contribution in [0.25, 0.3) is 76.8 Å². The molecule has 0 nitrogen and oxygen atoms in total. The molecule has 0 N–H and O–H groups in total. The lowest BCUT2D eigenvalue weighted by Gasteiger charge is -2.24. The van der Waals surface area contributed by atoms with Gasteiger partial charge in [0.2, 0.25) is 0 Å². The van der Waals surface area contributed by atoms with Crippen LogP contribution in [0.5, 0.6) is 0 Å². The summed E-state index contributed by atoms with van der Waals surface area (Å²) in [5.41, 5.74) is 17.7. The molecule has 8 aromatic carbocycles. The first kappa shape index (κ1) is 29.7. The van der Waals surface area contributed by atoms with Gasteiger partial charge in [0, 0.05) is 10.8 Å². The highest BCUT2D eigenvalue weighted by Gasteiger charge is 2.37. The Bertz CT molecular complexity index is 2710. The molecule has 50 heavy (non-hydrogen) atoms. The summed E-state index contributed by atoms with van der Waals surface area (Å²) < 4.78 is 0. The average Bonchev–Trinajstić information content (AvgIpc) is 3.48. The molecule has 0 aromatic heterocycles. The first-order chi connectivity index (χ1) is 23.9. The van der Waals surface area contributed by atoms with Gasteiger partial charge in [-0.2, -0.15) is 0 Å². The van der Waals surface area contributed by atoms with Crippen molar-refractivity contribution < 1.29 is 0 Å². The molecule has 0 amide bonds. The topological polar surface area (TPSA) is 0 Å². The van der Waals surface area contributed by atoms with Crippen LogP contribution in [0, 0.1) is 0 Å². The average molecular weight is 643 g/mol. The maximum absolute atomic E-state index is 2.48. The van der Waals surface area contributed by atoms with Crippen molar-refractivity contribution in [3.8, 4) is 44.5 Å². The standard InChI is InChI=1S/C50H42/c1-48(2,3)35-24-33-13-12-29-14-19-36(41-23-18-34(25-35)46(33)47(29)41)32-17-22-40-39-21-16-31(27-44(39)50(6,7)45(40)28-32)30-15-20-38-37-10-8-9-11-42(37)49(4,5)43(38)26-30/h8-28H,1-7H3. The number of hydrogen-bond acceptors (Lipinski definition) is 0. The Kier molecular flexibility index (Phi) is 5.78. The molecule has 0 heterocycles. The number of fused-ring (bicyclic) bond motifs is 6. The number of benzene rings is 8. The van der Waals surface area contributed by atoms with Crippen LogP contribution >= 0.6 is 0 Å². The van der Waals surface area contributed by atoms with Gasteiger partial charge in [-0.1, -0.05) is 158 Å². The minimum absolute atomic E-state index is 0.00886. The van der Waals surface area contributed by atoms with Gasteiger partial charge in [0.15, 0.2) is 0 Å².